The Hall–Kier alpha value is -1.46. The summed E-state index contributed by atoms with van der Waals surface area (Å²) in [6.07, 6.45) is 4.32. The van der Waals surface area contributed by atoms with Crippen molar-refractivity contribution in [2.24, 2.45) is 16.8 Å². The van der Waals surface area contributed by atoms with Gasteiger partial charge in [-0.3, -0.25) is 4.99 Å². The van der Waals surface area contributed by atoms with Gasteiger partial charge in [0.1, 0.15) is 5.60 Å². The lowest BCUT2D eigenvalue weighted by Crippen LogP contribution is -2.44. The van der Waals surface area contributed by atoms with Gasteiger partial charge >= 0.3 is 6.09 Å². The number of carbonyl (C=O) groups is 1. The molecule has 3 unspecified atom stereocenters. The highest BCUT2D eigenvalue weighted by atomic mass is 16.6. The molecule has 2 fully saturated rings. The van der Waals surface area contributed by atoms with E-state index < -0.39 is 5.60 Å². The average molecular weight is 338 g/mol. The summed E-state index contributed by atoms with van der Waals surface area (Å²) >= 11 is 0. The first-order chi connectivity index (χ1) is 11.3. The fourth-order valence-corrected chi connectivity index (χ4v) is 3.08. The van der Waals surface area contributed by atoms with Gasteiger partial charge in [0.05, 0.1) is 0 Å². The molecule has 1 saturated carbocycles. The van der Waals surface area contributed by atoms with E-state index in [0.29, 0.717) is 12.0 Å². The van der Waals surface area contributed by atoms with Crippen molar-refractivity contribution < 1.29 is 9.53 Å². The van der Waals surface area contributed by atoms with E-state index in [9.17, 15) is 4.79 Å². The predicted octanol–water partition coefficient (Wildman–Crippen LogP) is 2.60. The number of hydrogen-bond donors (Lipinski definition) is 2. The molecule has 2 rings (SSSR count). The maximum absolute atomic E-state index is 12.2. The van der Waals surface area contributed by atoms with Gasteiger partial charge in [-0.25, -0.2) is 4.79 Å². The number of rotatable bonds is 4. The van der Waals surface area contributed by atoms with Crippen LogP contribution in [0, 0.1) is 11.8 Å². The molecule has 0 aromatic carbocycles. The van der Waals surface area contributed by atoms with E-state index >= 15 is 0 Å². The highest BCUT2D eigenvalue weighted by Crippen LogP contribution is 2.28. The maximum atomic E-state index is 12.2. The summed E-state index contributed by atoms with van der Waals surface area (Å²) in [5.41, 5.74) is -0.427. The Kier molecular flexibility index (Phi) is 6.35. The van der Waals surface area contributed by atoms with E-state index in [0.717, 1.165) is 44.4 Å². The quantitative estimate of drug-likeness (QED) is 0.611. The molecule has 6 heteroatoms. The first-order valence-electron chi connectivity index (χ1n) is 9.23. The van der Waals surface area contributed by atoms with Gasteiger partial charge in [-0.05, 0) is 58.3 Å². The van der Waals surface area contributed by atoms with Gasteiger partial charge in [-0.2, -0.15) is 0 Å². The van der Waals surface area contributed by atoms with Crippen molar-refractivity contribution in [3.05, 3.63) is 0 Å². The predicted molar refractivity (Wildman–Crippen MR) is 97.2 cm³/mol. The number of guanidine groups is 1. The monoisotopic (exact) mass is 338 g/mol. The van der Waals surface area contributed by atoms with Crippen molar-refractivity contribution in [2.45, 2.75) is 65.0 Å². The Labute approximate surface area is 146 Å². The fraction of sp³-hybridized carbons (Fsp3) is 0.889. The normalized spacial score (nSPS) is 27.6. The third-order valence-electron chi connectivity index (χ3n) is 4.67. The van der Waals surface area contributed by atoms with Crippen LogP contribution in [-0.2, 0) is 4.74 Å². The molecule has 1 aliphatic heterocycles. The summed E-state index contributed by atoms with van der Waals surface area (Å²) in [4.78, 5) is 18.3. The minimum Gasteiger partial charge on any atom is -0.444 e. The van der Waals surface area contributed by atoms with Crippen molar-refractivity contribution in [1.29, 1.82) is 0 Å². The second kappa shape index (κ2) is 8.08. The molecule has 0 aromatic heterocycles. The van der Waals surface area contributed by atoms with Crippen molar-refractivity contribution in [2.75, 3.05) is 26.7 Å². The van der Waals surface area contributed by atoms with Crippen LogP contribution >= 0.6 is 0 Å². The van der Waals surface area contributed by atoms with Crippen LogP contribution in [0.5, 0.6) is 0 Å². The summed E-state index contributed by atoms with van der Waals surface area (Å²) in [7, 11) is 1.81. The van der Waals surface area contributed by atoms with Gasteiger partial charge in [-0.1, -0.05) is 6.92 Å². The first kappa shape index (κ1) is 18.9. The molecule has 2 aliphatic rings. The van der Waals surface area contributed by atoms with E-state index in [2.05, 4.69) is 22.5 Å². The number of nitrogens with zero attached hydrogens (tertiary/aromatic N) is 2. The minimum atomic E-state index is -0.427. The van der Waals surface area contributed by atoms with Gasteiger partial charge < -0.3 is 20.3 Å². The number of aliphatic imine (C=N–C) groups is 1. The maximum Gasteiger partial charge on any atom is 0.410 e. The summed E-state index contributed by atoms with van der Waals surface area (Å²) in [6, 6.07) is 0.577. The molecule has 6 nitrogen and oxygen atoms in total. The molecule has 0 aromatic rings. The van der Waals surface area contributed by atoms with Crippen molar-refractivity contribution >= 4 is 12.1 Å². The van der Waals surface area contributed by atoms with Gasteiger partial charge in [0, 0.05) is 32.7 Å². The van der Waals surface area contributed by atoms with Crippen molar-refractivity contribution in [3.63, 3.8) is 0 Å². The lowest BCUT2D eigenvalue weighted by molar-refractivity contribution is 0.0162. The zero-order valence-electron chi connectivity index (χ0n) is 15.9. The number of piperidine rings is 1. The Bertz CT molecular complexity index is 458. The van der Waals surface area contributed by atoms with Crippen LogP contribution in [0.15, 0.2) is 4.99 Å². The molecule has 24 heavy (non-hydrogen) atoms. The van der Waals surface area contributed by atoms with Crippen molar-refractivity contribution in [3.8, 4) is 0 Å². The smallest absolute Gasteiger partial charge is 0.410 e. The second-order valence-electron chi connectivity index (χ2n) is 8.19. The number of amides is 1. The molecule has 1 heterocycles. The van der Waals surface area contributed by atoms with Crippen LogP contribution in [0.2, 0.25) is 0 Å². The van der Waals surface area contributed by atoms with Gasteiger partial charge in [0.2, 0.25) is 0 Å². The molecular formula is C18H34N4O2. The zero-order chi connectivity index (χ0) is 17.7. The Morgan fingerprint density at radius 3 is 2.67 bits per heavy atom. The van der Waals surface area contributed by atoms with Crippen LogP contribution in [0.4, 0.5) is 4.79 Å². The average Bonchev–Trinajstić information content (AvgIpc) is 3.20. The third-order valence-corrected chi connectivity index (χ3v) is 4.67. The number of ether oxygens (including phenoxy) is 1. The lowest BCUT2D eigenvalue weighted by Gasteiger charge is -2.34. The fourth-order valence-electron chi connectivity index (χ4n) is 3.08. The van der Waals surface area contributed by atoms with Gasteiger partial charge in [0.25, 0.3) is 0 Å². The van der Waals surface area contributed by atoms with Crippen LogP contribution in [0.1, 0.15) is 53.4 Å². The van der Waals surface area contributed by atoms with E-state index in [4.69, 9.17) is 4.74 Å². The first-order valence-corrected chi connectivity index (χ1v) is 9.23. The highest BCUT2D eigenvalue weighted by molar-refractivity contribution is 5.80. The molecule has 0 radical (unpaired) electrons. The molecule has 1 aliphatic carbocycles. The van der Waals surface area contributed by atoms with Crippen LogP contribution in [0.25, 0.3) is 0 Å². The topological polar surface area (TPSA) is 66.0 Å². The lowest BCUT2D eigenvalue weighted by atomic mass is 9.95. The zero-order valence-corrected chi connectivity index (χ0v) is 15.9. The summed E-state index contributed by atoms with van der Waals surface area (Å²) < 4.78 is 5.49. The molecular weight excluding hydrogens is 304 g/mol. The Morgan fingerprint density at radius 2 is 2.08 bits per heavy atom. The molecule has 0 bridgehead atoms. The van der Waals surface area contributed by atoms with Crippen LogP contribution < -0.4 is 10.6 Å². The Balaban J connectivity index is 1.69. The standard InChI is InChI=1S/C18H34N4O2/c1-13-11-15(13)21-16(19-5)20-9-8-14-7-6-10-22(12-14)17(23)24-18(2,3)4/h13-15H,6-12H2,1-5H3,(H2,19,20,21). The van der Waals surface area contributed by atoms with E-state index in [1.807, 2.05) is 32.7 Å². The van der Waals surface area contributed by atoms with Crippen LogP contribution in [0.3, 0.4) is 0 Å². The van der Waals surface area contributed by atoms with Gasteiger partial charge in [-0.15, -0.1) is 0 Å². The number of likely N-dealkylation sites (tertiary alicyclic amines) is 1. The van der Waals surface area contributed by atoms with Gasteiger partial charge in [0.15, 0.2) is 5.96 Å². The number of carbonyl (C=O) groups excluding carboxylic acids is 1. The second-order valence-corrected chi connectivity index (χ2v) is 8.19. The highest BCUT2D eigenvalue weighted by Gasteiger charge is 2.33. The molecule has 0 spiro atoms. The third kappa shape index (κ3) is 6.21. The molecule has 3 atom stereocenters. The van der Waals surface area contributed by atoms with E-state index in [-0.39, 0.29) is 6.09 Å². The SMILES string of the molecule is CN=C(NCCC1CCCN(C(=O)OC(C)(C)C)C1)NC1CC1C. The number of nitrogens with one attached hydrogen (secondary N) is 2. The van der Waals surface area contributed by atoms with E-state index in [1.165, 1.54) is 12.8 Å². The molecule has 1 amide bonds. The Morgan fingerprint density at radius 1 is 1.38 bits per heavy atom. The largest absolute Gasteiger partial charge is 0.444 e. The molecule has 1 saturated heterocycles. The molecule has 2 N–H and O–H groups in total. The van der Waals surface area contributed by atoms with E-state index in [1.54, 1.807) is 0 Å². The number of hydrogen-bond acceptors (Lipinski definition) is 3. The summed E-state index contributed by atoms with van der Waals surface area (Å²) in [5.74, 6) is 2.17. The summed E-state index contributed by atoms with van der Waals surface area (Å²) in [6.45, 7) is 10.5. The molecule has 138 valence electrons. The summed E-state index contributed by atoms with van der Waals surface area (Å²) in [5, 5.41) is 6.83. The van der Waals surface area contributed by atoms with Crippen LogP contribution in [-0.4, -0.2) is 55.3 Å². The van der Waals surface area contributed by atoms with Crippen molar-refractivity contribution in [1.82, 2.24) is 15.5 Å². The minimum absolute atomic E-state index is 0.180.